The number of carbonyl (C=O) groups excluding carboxylic acids is 1. The summed E-state index contributed by atoms with van der Waals surface area (Å²) in [6, 6.07) is 9.17. The summed E-state index contributed by atoms with van der Waals surface area (Å²) < 4.78 is 1.69. The number of benzene rings is 1. The summed E-state index contributed by atoms with van der Waals surface area (Å²) >= 11 is 0. The predicted octanol–water partition coefficient (Wildman–Crippen LogP) is 2.78. The Kier molecular flexibility index (Phi) is 4.90. The zero-order chi connectivity index (χ0) is 18.5. The molecule has 0 spiro atoms. The number of carbonyl (C=O) groups is 1. The van der Waals surface area contributed by atoms with Crippen LogP contribution in [0.4, 0.5) is 17.3 Å². The summed E-state index contributed by atoms with van der Waals surface area (Å²) in [5.41, 5.74) is 4.09. The molecule has 0 unspecified atom stereocenters. The van der Waals surface area contributed by atoms with Gasteiger partial charge in [-0.3, -0.25) is 9.48 Å². The van der Waals surface area contributed by atoms with Gasteiger partial charge in [0.25, 0.3) is 0 Å². The molecule has 3 aromatic rings. The average molecular weight is 347 g/mol. The van der Waals surface area contributed by atoms with E-state index in [9.17, 15) is 4.79 Å². The fourth-order valence-electron chi connectivity index (χ4n) is 2.49. The first-order valence-corrected chi connectivity index (χ1v) is 7.91. The normalized spacial score (nSPS) is 10.2. The van der Waals surface area contributed by atoms with E-state index in [-0.39, 0.29) is 12.3 Å². The summed E-state index contributed by atoms with van der Waals surface area (Å²) in [7, 11) is 1.84. The maximum atomic E-state index is 11.5. The zero-order valence-corrected chi connectivity index (χ0v) is 14.4. The Balaban J connectivity index is 1.81. The van der Waals surface area contributed by atoms with Crippen LogP contribution < -0.4 is 10.6 Å². The van der Waals surface area contributed by atoms with Gasteiger partial charge in [0, 0.05) is 30.7 Å². The molecule has 0 atom stereocenters. The molecule has 0 aliphatic carbocycles. The van der Waals surface area contributed by atoms with Crippen molar-refractivity contribution in [1.29, 1.82) is 5.26 Å². The molecular formula is C18H17N7O. The van der Waals surface area contributed by atoms with Crippen molar-refractivity contribution in [1.82, 2.24) is 19.7 Å². The minimum absolute atomic E-state index is 0.171. The quantitative estimate of drug-likeness (QED) is 0.734. The Labute approximate surface area is 150 Å². The molecule has 3 rings (SSSR count). The van der Waals surface area contributed by atoms with Crippen molar-refractivity contribution in [2.24, 2.45) is 7.05 Å². The van der Waals surface area contributed by atoms with Gasteiger partial charge in [0.15, 0.2) is 0 Å². The fourth-order valence-corrected chi connectivity index (χ4v) is 2.49. The van der Waals surface area contributed by atoms with Crippen molar-refractivity contribution in [3.05, 3.63) is 48.4 Å². The number of anilines is 3. The van der Waals surface area contributed by atoms with Gasteiger partial charge in [-0.15, -0.1) is 0 Å². The summed E-state index contributed by atoms with van der Waals surface area (Å²) in [4.78, 5) is 20.3. The lowest BCUT2D eigenvalue weighted by Crippen LogP contribution is -2.10. The molecule has 0 saturated heterocycles. The van der Waals surface area contributed by atoms with Crippen LogP contribution in [0, 0.1) is 18.3 Å². The van der Waals surface area contributed by atoms with E-state index in [2.05, 4.69) is 25.7 Å². The van der Waals surface area contributed by atoms with Crippen molar-refractivity contribution < 1.29 is 4.79 Å². The van der Waals surface area contributed by atoms with Gasteiger partial charge in [-0.1, -0.05) is 6.07 Å². The largest absolute Gasteiger partial charge is 0.325 e. The molecule has 1 amide bonds. The van der Waals surface area contributed by atoms with Crippen LogP contribution in [0.1, 0.15) is 12.0 Å². The summed E-state index contributed by atoms with van der Waals surface area (Å²) in [6.45, 7) is 1.94. The Hall–Kier alpha value is -3.73. The van der Waals surface area contributed by atoms with E-state index in [1.54, 1.807) is 23.1 Å². The summed E-state index contributed by atoms with van der Waals surface area (Å²) in [5.74, 6) is 0.144. The number of nitrogens with zero attached hydrogens (tertiary/aromatic N) is 5. The second-order valence-corrected chi connectivity index (χ2v) is 5.71. The van der Waals surface area contributed by atoms with Crippen LogP contribution in [0.15, 0.2) is 42.9 Å². The Bertz CT molecular complexity index is 987. The first-order valence-electron chi connectivity index (χ1n) is 7.91. The second-order valence-electron chi connectivity index (χ2n) is 5.71. The SMILES string of the molecule is Cc1cc(NC(=O)CC#N)ccc1-c1ccnc(Nc2cnn(C)c2)n1. The number of nitriles is 1. The first kappa shape index (κ1) is 17.1. The van der Waals surface area contributed by atoms with Gasteiger partial charge in [-0.25, -0.2) is 9.97 Å². The minimum atomic E-state index is -0.329. The van der Waals surface area contributed by atoms with Crippen LogP contribution in [0.3, 0.4) is 0 Å². The molecule has 2 heterocycles. The number of hydrogen-bond donors (Lipinski definition) is 2. The topological polar surface area (TPSA) is 109 Å². The van der Waals surface area contributed by atoms with Crippen LogP contribution in [0.25, 0.3) is 11.3 Å². The third-order valence-corrected chi connectivity index (χ3v) is 3.64. The van der Waals surface area contributed by atoms with E-state index >= 15 is 0 Å². The highest BCUT2D eigenvalue weighted by Gasteiger charge is 2.08. The van der Waals surface area contributed by atoms with Crippen LogP contribution in [0.5, 0.6) is 0 Å². The van der Waals surface area contributed by atoms with Crippen LogP contribution in [0.2, 0.25) is 0 Å². The van der Waals surface area contributed by atoms with Crippen LogP contribution >= 0.6 is 0 Å². The monoisotopic (exact) mass is 347 g/mol. The number of rotatable bonds is 5. The number of aromatic nitrogens is 4. The van der Waals surface area contributed by atoms with Crippen molar-refractivity contribution in [2.45, 2.75) is 13.3 Å². The number of nitrogens with one attached hydrogen (secondary N) is 2. The maximum Gasteiger partial charge on any atom is 0.238 e. The summed E-state index contributed by atoms with van der Waals surface area (Å²) in [6.07, 6.45) is 5.04. The van der Waals surface area contributed by atoms with Gasteiger partial charge < -0.3 is 10.6 Å². The average Bonchev–Trinajstić information content (AvgIpc) is 3.00. The standard InChI is InChI=1S/C18H17N7O/c1-12-9-13(22-17(26)5-7-19)3-4-15(12)16-6-8-20-18(24-16)23-14-10-21-25(2)11-14/h3-4,6,8-11H,5H2,1-2H3,(H,22,26)(H,20,23,24). The predicted molar refractivity (Wildman–Crippen MR) is 97.6 cm³/mol. The lowest BCUT2D eigenvalue weighted by Gasteiger charge is -2.10. The second kappa shape index (κ2) is 7.44. The van der Waals surface area contributed by atoms with E-state index in [0.717, 1.165) is 22.5 Å². The van der Waals surface area contributed by atoms with Gasteiger partial charge in [0.2, 0.25) is 11.9 Å². The molecule has 0 saturated carbocycles. The highest BCUT2D eigenvalue weighted by atomic mass is 16.1. The summed E-state index contributed by atoms with van der Waals surface area (Å²) in [5, 5.41) is 18.5. The maximum absolute atomic E-state index is 11.5. The van der Waals surface area contributed by atoms with Crippen LogP contribution in [-0.2, 0) is 11.8 Å². The molecule has 2 aromatic heterocycles. The van der Waals surface area contributed by atoms with Crippen molar-refractivity contribution in [2.75, 3.05) is 10.6 Å². The van der Waals surface area contributed by atoms with E-state index in [1.807, 2.05) is 44.4 Å². The van der Waals surface area contributed by atoms with E-state index < -0.39 is 0 Å². The highest BCUT2D eigenvalue weighted by molar-refractivity contribution is 5.92. The van der Waals surface area contributed by atoms with Crippen molar-refractivity contribution in [3.8, 4) is 17.3 Å². The first-order chi connectivity index (χ1) is 12.5. The number of aryl methyl sites for hydroxylation is 2. The molecule has 130 valence electrons. The molecule has 0 aliphatic rings. The molecule has 26 heavy (non-hydrogen) atoms. The Morgan fingerprint density at radius 3 is 2.85 bits per heavy atom. The van der Waals surface area contributed by atoms with Crippen molar-refractivity contribution >= 4 is 23.2 Å². The van der Waals surface area contributed by atoms with Gasteiger partial charge in [-0.05, 0) is 30.7 Å². The minimum Gasteiger partial charge on any atom is -0.325 e. The van der Waals surface area contributed by atoms with Gasteiger partial charge in [0.1, 0.15) is 6.42 Å². The van der Waals surface area contributed by atoms with Crippen LogP contribution in [-0.4, -0.2) is 25.7 Å². The van der Waals surface area contributed by atoms with Gasteiger partial charge in [-0.2, -0.15) is 10.4 Å². The molecule has 0 radical (unpaired) electrons. The molecule has 1 aromatic carbocycles. The lowest BCUT2D eigenvalue weighted by molar-refractivity contribution is -0.115. The van der Waals surface area contributed by atoms with E-state index in [0.29, 0.717) is 11.6 Å². The molecule has 0 aliphatic heterocycles. The van der Waals surface area contributed by atoms with E-state index in [1.165, 1.54) is 0 Å². The van der Waals surface area contributed by atoms with E-state index in [4.69, 9.17) is 5.26 Å². The highest BCUT2D eigenvalue weighted by Crippen LogP contribution is 2.25. The molecule has 0 bridgehead atoms. The fraction of sp³-hybridized carbons (Fsp3) is 0.167. The molecule has 2 N–H and O–H groups in total. The van der Waals surface area contributed by atoms with Gasteiger partial charge >= 0.3 is 0 Å². The third-order valence-electron chi connectivity index (χ3n) is 3.64. The molecule has 8 heteroatoms. The Morgan fingerprint density at radius 2 is 2.15 bits per heavy atom. The zero-order valence-electron chi connectivity index (χ0n) is 14.4. The Morgan fingerprint density at radius 1 is 1.31 bits per heavy atom. The third kappa shape index (κ3) is 4.02. The van der Waals surface area contributed by atoms with Crippen molar-refractivity contribution in [3.63, 3.8) is 0 Å². The number of hydrogen-bond acceptors (Lipinski definition) is 6. The molecular weight excluding hydrogens is 330 g/mol. The number of amides is 1. The smallest absolute Gasteiger partial charge is 0.238 e. The molecule has 0 fully saturated rings. The molecule has 8 nitrogen and oxygen atoms in total. The van der Waals surface area contributed by atoms with Gasteiger partial charge in [0.05, 0.1) is 23.6 Å². The lowest BCUT2D eigenvalue weighted by atomic mass is 10.0.